The Kier molecular flexibility index (Phi) is 3.27. The van der Waals surface area contributed by atoms with E-state index < -0.39 is 0 Å². The minimum atomic E-state index is -0.302. The van der Waals surface area contributed by atoms with Gasteiger partial charge in [0.15, 0.2) is 5.78 Å². The molecule has 1 aromatic rings. The first kappa shape index (κ1) is 12.9. The molecule has 1 atom stereocenters. The Morgan fingerprint density at radius 2 is 2.05 bits per heavy atom. The number of carbonyl (C=O) groups is 1. The van der Waals surface area contributed by atoms with Crippen molar-refractivity contribution in [3.8, 4) is 5.75 Å². The molecule has 1 aromatic carbocycles. The first-order valence-corrected chi connectivity index (χ1v) is 7.52. The zero-order chi connectivity index (χ0) is 13.6. The minimum absolute atomic E-state index is 0.0434. The highest BCUT2D eigenvalue weighted by Crippen LogP contribution is 2.34. The van der Waals surface area contributed by atoms with E-state index >= 15 is 0 Å². The van der Waals surface area contributed by atoms with Crippen LogP contribution < -0.4 is 5.32 Å². The number of Topliss-reactive ketones (excluding diaryl/α,β-unsaturated/α-hetero) is 1. The summed E-state index contributed by atoms with van der Waals surface area (Å²) in [6.07, 6.45) is 5.34. The van der Waals surface area contributed by atoms with E-state index in [0.717, 1.165) is 28.5 Å². The molecule has 2 N–H and O–H groups in total. The lowest BCUT2D eigenvalue weighted by Crippen LogP contribution is -2.36. The third kappa shape index (κ3) is 2.25. The largest absolute Gasteiger partial charge is 0.508 e. The van der Waals surface area contributed by atoms with Gasteiger partial charge in [0, 0.05) is 20.7 Å². The lowest BCUT2D eigenvalue weighted by Gasteiger charge is -2.21. The van der Waals surface area contributed by atoms with E-state index in [9.17, 15) is 9.90 Å². The van der Waals surface area contributed by atoms with Crippen molar-refractivity contribution in [2.75, 3.05) is 0 Å². The number of hydrogen-bond donors (Lipinski definition) is 2. The van der Waals surface area contributed by atoms with Crippen LogP contribution in [0.25, 0.3) is 0 Å². The quantitative estimate of drug-likeness (QED) is 0.720. The van der Waals surface area contributed by atoms with Crippen LogP contribution in [0.1, 0.15) is 22.3 Å². The van der Waals surface area contributed by atoms with Gasteiger partial charge in [0.05, 0.1) is 0 Å². The van der Waals surface area contributed by atoms with Gasteiger partial charge in [-0.05, 0) is 74.0 Å². The van der Waals surface area contributed by atoms with E-state index in [1.807, 2.05) is 6.08 Å². The molecule has 3 rings (SSSR count). The second kappa shape index (κ2) is 4.80. The van der Waals surface area contributed by atoms with Gasteiger partial charge in [-0.1, -0.05) is 0 Å². The van der Waals surface area contributed by atoms with Crippen molar-refractivity contribution in [1.82, 2.24) is 5.32 Å². The molecule has 0 amide bonds. The Hall–Kier alpha value is -1.07. The highest BCUT2D eigenvalue weighted by Gasteiger charge is 2.31. The minimum Gasteiger partial charge on any atom is -0.508 e. The number of aromatic hydroxyl groups is 1. The molecule has 1 unspecified atom stereocenters. The van der Waals surface area contributed by atoms with Crippen molar-refractivity contribution < 1.29 is 9.90 Å². The summed E-state index contributed by atoms with van der Waals surface area (Å²) in [4.78, 5) is 12.7. The third-order valence-electron chi connectivity index (χ3n) is 3.43. The summed E-state index contributed by atoms with van der Waals surface area (Å²) in [7, 11) is 0. The molecule has 19 heavy (non-hydrogen) atoms. The van der Waals surface area contributed by atoms with E-state index in [1.54, 1.807) is 18.3 Å². The van der Waals surface area contributed by atoms with Gasteiger partial charge < -0.3 is 10.4 Å². The molecule has 2 aliphatic rings. The Balaban J connectivity index is 2.12. The fourth-order valence-electron chi connectivity index (χ4n) is 2.58. The van der Waals surface area contributed by atoms with Crippen LogP contribution in [0.3, 0.4) is 0 Å². The molecule has 0 aromatic heterocycles. The number of aryl methyl sites for hydroxylation is 1. The fraction of sp³-hybridized carbons (Fsp3) is 0.214. The number of halogens is 2. The van der Waals surface area contributed by atoms with Gasteiger partial charge in [-0.2, -0.15) is 0 Å². The maximum atomic E-state index is 12.7. The predicted molar refractivity (Wildman–Crippen MR) is 80.5 cm³/mol. The number of benzene rings is 1. The second-order valence-electron chi connectivity index (χ2n) is 4.67. The van der Waals surface area contributed by atoms with Gasteiger partial charge in [0.2, 0.25) is 0 Å². The number of hydrogen-bond acceptors (Lipinski definition) is 3. The van der Waals surface area contributed by atoms with Crippen molar-refractivity contribution in [1.29, 1.82) is 0 Å². The van der Waals surface area contributed by atoms with Crippen molar-refractivity contribution in [3.05, 3.63) is 50.1 Å². The average molecular weight is 385 g/mol. The average Bonchev–Trinajstić information content (AvgIpc) is 2.47. The Morgan fingerprint density at radius 3 is 2.84 bits per heavy atom. The summed E-state index contributed by atoms with van der Waals surface area (Å²) in [6, 6.07) is 2.95. The number of nitrogens with one attached hydrogen (secondary N) is 1. The monoisotopic (exact) mass is 383 g/mol. The molecule has 0 radical (unpaired) electrons. The molecule has 1 aliphatic carbocycles. The molecule has 98 valence electrons. The van der Waals surface area contributed by atoms with Crippen LogP contribution >= 0.6 is 31.9 Å². The Morgan fingerprint density at radius 1 is 1.26 bits per heavy atom. The number of phenols is 1. The number of ketones is 1. The van der Waals surface area contributed by atoms with E-state index in [1.165, 1.54) is 0 Å². The molecule has 1 aliphatic heterocycles. The van der Waals surface area contributed by atoms with Crippen molar-refractivity contribution >= 4 is 37.6 Å². The number of rotatable bonds is 0. The van der Waals surface area contributed by atoms with Gasteiger partial charge in [0.25, 0.3) is 0 Å². The van der Waals surface area contributed by atoms with Crippen LogP contribution in [-0.4, -0.2) is 16.9 Å². The van der Waals surface area contributed by atoms with Crippen LogP contribution in [0.5, 0.6) is 5.75 Å². The van der Waals surface area contributed by atoms with Crippen LogP contribution in [0.15, 0.2) is 38.9 Å². The van der Waals surface area contributed by atoms with Gasteiger partial charge >= 0.3 is 0 Å². The molecule has 0 bridgehead atoms. The van der Waals surface area contributed by atoms with Crippen molar-refractivity contribution in [2.45, 2.75) is 18.9 Å². The summed E-state index contributed by atoms with van der Waals surface area (Å²) in [6.45, 7) is 0. The number of phenolic OH excluding ortho intramolecular Hbond substituents is 1. The second-order valence-corrected chi connectivity index (χ2v) is 6.44. The van der Waals surface area contributed by atoms with E-state index in [-0.39, 0.29) is 17.6 Å². The number of carbonyl (C=O) groups excluding carboxylic acids is 1. The Bertz CT molecular complexity index is 635. The van der Waals surface area contributed by atoms with Crippen molar-refractivity contribution in [2.24, 2.45) is 0 Å². The smallest absolute Gasteiger partial charge is 0.190 e. The number of allylic oxidation sites excluding steroid dienone is 2. The molecule has 0 spiro atoms. The lowest BCUT2D eigenvalue weighted by atomic mass is 9.97. The third-order valence-corrected chi connectivity index (χ3v) is 4.51. The highest BCUT2D eigenvalue weighted by molar-refractivity contribution is 9.12. The van der Waals surface area contributed by atoms with Gasteiger partial charge in [-0.3, -0.25) is 4.79 Å². The zero-order valence-corrected chi connectivity index (χ0v) is 13.1. The molecule has 1 heterocycles. The van der Waals surface area contributed by atoms with Gasteiger partial charge in [0.1, 0.15) is 11.8 Å². The molecule has 0 fully saturated rings. The van der Waals surface area contributed by atoms with Crippen LogP contribution in [-0.2, 0) is 6.42 Å². The Labute approximate surface area is 127 Å². The predicted octanol–water partition coefficient (Wildman–Crippen LogP) is 3.42. The zero-order valence-electron chi connectivity index (χ0n) is 9.91. The number of dihydropyridines is 1. The van der Waals surface area contributed by atoms with Gasteiger partial charge in [-0.25, -0.2) is 0 Å². The van der Waals surface area contributed by atoms with E-state index in [2.05, 4.69) is 37.2 Å². The first-order chi connectivity index (χ1) is 9.06. The topological polar surface area (TPSA) is 49.3 Å². The maximum absolute atomic E-state index is 12.7. The van der Waals surface area contributed by atoms with Gasteiger partial charge in [-0.15, -0.1) is 0 Å². The molecular formula is C14H11Br2NO2. The molecule has 0 saturated heterocycles. The maximum Gasteiger partial charge on any atom is 0.190 e. The molecular weight excluding hydrogens is 374 g/mol. The van der Waals surface area contributed by atoms with Crippen molar-refractivity contribution in [3.63, 3.8) is 0 Å². The van der Waals surface area contributed by atoms with Crippen LogP contribution in [0.2, 0.25) is 0 Å². The number of fused-ring (bicyclic) bond motifs is 2. The summed E-state index contributed by atoms with van der Waals surface area (Å²) >= 11 is 6.80. The van der Waals surface area contributed by atoms with Crippen LogP contribution in [0.4, 0.5) is 0 Å². The standard InChI is InChI=1S/C14H11Br2NO2/c15-9-3-8-2-1-7-4-10(18)5-11(16)12(7)14(19)13(8)17-6-9/h3-6,13,17-18H,1-2H2. The summed E-state index contributed by atoms with van der Waals surface area (Å²) < 4.78 is 1.60. The van der Waals surface area contributed by atoms with Crippen LogP contribution in [0, 0.1) is 0 Å². The molecule has 3 nitrogen and oxygen atoms in total. The molecule has 5 heteroatoms. The SMILES string of the molecule is O=C1c2c(Br)cc(O)cc2CCC2=CC(Br)=CNC12. The normalized spacial score (nSPS) is 21.6. The summed E-state index contributed by atoms with van der Waals surface area (Å²) in [5.41, 5.74) is 2.64. The summed E-state index contributed by atoms with van der Waals surface area (Å²) in [5, 5.41) is 12.8. The highest BCUT2D eigenvalue weighted by atomic mass is 79.9. The van der Waals surface area contributed by atoms with E-state index in [4.69, 9.17) is 0 Å². The fourth-order valence-corrected chi connectivity index (χ4v) is 3.69. The first-order valence-electron chi connectivity index (χ1n) is 5.94. The lowest BCUT2D eigenvalue weighted by molar-refractivity contribution is 0.0963. The molecule has 0 saturated carbocycles. The summed E-state index contributed by atoms with van der Waals surface area (Å²) in [5.74, 6) is 0.228. The van der Waals surface area contributed by atoms with E-state index in [0.29, 0.717) is 10.0 Å².